The second-order valence-electron chi connectivity index (χ2n) is 7.43. The van der Waals surface area contributed by atoms with E-state index in [1.54, 1.807) is 37.5 Å². The predicted molar refractivity (Wildman–Crippen MR) is 121 cm³/mol. The molecular formula is C21H20Cl2N4O2S. The van der Waals surface area contributed by atoms with Gasteiger partial charge in [-0.05, 0) is 55.0 Å². The lowest BCUT2D eigenvalue weighted by Gasteiger charge is -2.19. The fourth-order valence-electron chi connectivity index (χ4n) is 3.62. The molecule has 1 aromatic carbocycles. The smallest absolute Gasteiger partial charge is 0.274 e. The van der Waals surface area contributed by atoms with Crippen molar-refractivity contribution in [3.05, 3.63) is 62.2 Å². The van der Waals surface area contributed by atoms with Crippen LogP contribution in [0.4, 0.5) is 10.7 Å². The molecule has 2 aromatic heterocycles. The summed E-state index contributed by atoms with van der Waals surface area (Å²) in [5.41, 5.74) is 2.34. The number of carbonyl (C=O) groups is 2. The highest BCUT2D eigenvalue weighted by Gasteiger charge is 2.29. The van der Waals surface area contributed by atoms with Crippen LogP contribution in [0, 0.1) is 5.92 Å². The van der Waals surface area contributed by atoms with Crippen molar-refractivity contribution in [2.75, 3.05) is 10.6 Å². The number of hydrogen-bond acceptors (Lipinski definition) is 4. The highest BCUT2D eigenvalue weighted by molar-refractivity contribution is 7.17. The van der Waals surface area contributed by atoms with Gasteiger partial charge in [0, 0.05) is 23.1 Å². The lowest BCUT2D eigenvalue weighted by atomic mass is 9.88. The summed E-state index contributed by atoms with van der Waals surface area (Å²) in [6.45, 7) is 2.20. The molecule has 6 nitrogen and oxygen atoms in total. The molecule has 0 radical (unpaired) electrons. The van der Waals surface area contributed by atoms with Crippen LogP contribution in [-0.4, -0.2) is 21.6 Å². The molecule has 0 spiro atoms. The first kappa shape index (κ1) is 20.9. The van der Waals surface area contributed by atoms with Crippen LogP contribution < -0.4 is 10.6 Å². The maximum absolute atomic E-state index is 13.3. The van der Waals surface area contributed by atoms with Crippen molar-refractivity contribution < 1.29 is 9.59 Å². The fourth-order valence-corrected chi connectivity index (χ4v) is 5.36. The molecule has 0 fully saturated rings. The monoisotopic (exact) mass is 462 g/mol. The van der Waals surface area contributed by atoms with Crippen molar-refractivity contribution in [1.82, 2.24) is 9.78 Å². The van der Waals surface area contributed by atoms with E-state index in [0.717, 1.165) is 29.7 Å². The lowest BCUT2D eigenvalue weighted by molar-refractivity contribution is 0.101. The van der Waals surface area contributed by atoms with Gasteiger partial charge in [0.1, 0.15) is 10.7 Å². The molecule has 0 saturated carbocycles. The second kappa shape index (κ2) is 8.41. The molecular weight excluding hydrogens is 443 g/mol. The van der Waals surface area contributed by atoms with Crippen LogP contribution in [0.2, 0.25) is 10.0 Å². The Bertz CT molecular complexity index is 1140. The summed E-state index contributed by atoms with van der Waals surface area (Å²) in [5.74, 6) is -0.0851. The van der Waals surface area contributed by atoms with Crippen molar-refractivity contribution in [2.24, 2.45) is 13.0 Å². The van der Waals surface area contributed by atoms with Gasteiger partial charge in [0.25, 0.3) is 11.8 Å². The molecule has 1 atom stereocenters. The first-order valence-corrected chi connectivity index (χ1v) is 11.1. The summed E-state index contributed by atoms with van der Waals surface area (Å²) in [7, 11) is 1.70. The van der Waals surface area contributed by atoms with Crippen LogP contribution in [0.3, 0.4) is 0 Å². The van der Waals surface area contributed by atoms with Gasteiger partial charge in [-0.3, -0.25) is 14.3 Å². The van der Waals surface area contributed by atoms with Gasteiger partial charge in [-0.2, -0.15) is 5.10 Å². The van der Waals surface area contributed by atoms with Gasteiger partial charge < -0.3 is 10.6 Å². The van der Waals surface area contributed by atoms with E-state index in [0.29, 0.717) is 37.9 Å². The number of amides is 2. The third-order valence-electron chi connectivity index (χ3n) is 5.20. The number of aryl methyl sites for hydroxylation is 1. The minimum Gasteiger partial charge on any atom is -0.320 e. The number of rotatable bonds is 4. The zero-order valence-electron chi connectivity index (χ0n) is 16.5. The van der Waals surface area contributed by atoms with Gasteiger partial charge in [-0.25, -0.2) is 0 Å². The quantitative estimate of drug-likeness (QED) is 0.543. The molecule has 2 amide bonds. The Kier molecular flexibility index (Phi) is 5.86. The molecule has 3 aromatic rings. The first-order valence-electron chi connectivity index (χ1n) is 9.53. The summed E-state index contributed by atoms with van der Waals surface area (Å²) in [4.78, 5) is 27.2. The Hall–Kier alpha value is -2.35. The largest absolute Gasteiger partial charge is 0.320 e. The van der Waals surface area contributed by atoms with Crippen LogP contribution in [0.15, 0.2) is 30.5 Å². The number of aromatic nitrogens is 2. The van der Waals surface area contributed by atoms with Crippen LogP contribution in [0.1, 0.15) is 44.6 Å². The van der Waals surface area contributed by atoms with Gasteiger partial charge in [0.05, 0.1) is 16.3 Å². The zero-order valence-corrected chi connectivity index (χ0v) is 18.8. The molecule has 2 heterocycles. The standard InChI is InChI=1S/C21H20Cl2N4O2S/c1-11-3-5-13-17(9-11)30-21(26-19(28)16-7-8-24-27(16)2)18(13)20(29)25-15-10-12(22)4-6-14(15)23/h4,6-8,10-11H,3,5,9H2,1-2H3,(H,25,29)(H,26,28)/t11-/m0/s1. The van der Waals surface area contributed by atoms with Gasteiger partial charge in [0.2, 0.25) is 0 Å². The van der Waals surface area contributed by atoms with E-state index in [-0.39, 0.29) is 11.8 Å². The van der Waals surface area contributed by atoms with Crippen molar-refractivity contribution >= 4 is 57.0 Å². The minimum atomic E-state index is -0.313. The fraction of sp³-hybridized carbons (Fsp3) is 0.286. The second-order valence-corrected chi connectivity index (χ2v) is 9.38. The van der Waals surface area contributed by atoms with Crippen LogP contribution in [0.5, 0.6) is 0 Å². The van der Waals surface area contributed by atoms with E-state index in [1.165, 1.54) is 16.0 Å². The number of nitrogens with zero attached hydrogens (tertiary/aromatic N) is 2. The number of nitrogens with one attached hydrogen (secondary N) is 2. The highest BCUT2D eigenvalue weighted by Crippen LogP contribution is 2.40. The van der Waals surface area contributed by atoms with E-state index in [2.05, 4.69) is 22.7 Å². The van der Waals surface area contributed by atoms with E-state index >= 15 is 0 Å². The molecule has 4 rings (SSSR count). The molecule has 0 saturated heterocycles. The molecule has 1 aliphatic rings. The molecule has 0 aliphatic heterocycles. The van der Waals surface area contributed by atoms with Crippen LogP contribution in [-0.2, 0) is 19.9 Å². The highest BCUT2D eigenvalue weighted by atomic mass is 35.5. The number of hydrogen-bond donors (Lipinski definition) is 2. The maximum Gasteiger partial charge on any atom is 0.274 e. The third-order valence-corrected chi connectivity index (χ3v) is 6.93. The number of thiophene rings is 1. The Morgan fingerprint density at radius 3 is 2.73 bits per heavy atom. The number of fused-ring (bicyclic) bond motifs is 1. The zero-order chi connectivity index (χ0) is 21.4. The van der Waals surface area contributed by atoms with Crippen LogP contribution in [0.25, 0.3) is 0 Å². The number of halogens is 2. The first-order chi connectivity index (χ1) is 14.3. The molecule has 30 heavy (non-hydrogen) atoms. The number of benzene rings is 1. The Morgan fingerprint density at radius 1 is 1.20 bits per heavy atom. The van der Waals surface area contributed by atoms with Crippen molar-refractivity contribution in [3.63, 3.8) is 0 Å². The molecule has 156 valence electrons. The minimum absolute atomic E-state index is 0.309. The maximum atomic E-state index is 13.3. The predicted octanol–water partition coefficient (Wildman–Crippen LogP) is 5.42. The topological polar surface area (TPSA) is 76.0 Å². The van der Waals surface area contributed by atoms with Gasteiger partial charge in [-0.15, -0.1) is 11.3 Å². The average molecular weight is 463 g/mol. The van der Waals surface area contributed by atoms with Gasteiger partial charge in [0.15, 0.2) is 0 Å². The third kappa shape index (κ3) is 4.10. The molecule has 1 aliphatic carbocycles. The lowest BCUT2D eigenvalue weighted by Crippen LogP contribution is -2.20. The summed E-state index contributed by atoms with van der Waals surface area (Å²) < 4.78 is 1.50. The molecule has 2 N–H and O–H groups in total. The van der Waals surface area contributed by atoms with Gasteiger partial charge >= 0.3 is 0 Å². The number of anilines is 2. The van der Waals surface area contributed by atoms with Gasteiger partial charge in [-0.1, -0.05) is 30.1 Å². The molecule has 0 unspecified atom stereocenters. The van der Waals surface area contributed by atoms with E-state index in [4.69, 9.17) is 23.2 Å². The SMILES string of the molecule is C[C@H]1CCc2c(sc(NC(=O)c3ccnn3C)c2C(=O)Nc2cc(Cl)ccc2Cl)C1. The Balaban J connectivity index is 1.70. The van der Waals surface area contributed by atoms with Crippen molar-refractivity contribution in [2.45, 2.75) is 26.2 Å². The van der Waals surface area contributed by atoms with Crippen molar-refractivity contribution in [1.29, 1.82) is 0 Å². The summed E-state index contributed by atoms with van der Waals surface area (Å²) in [6.07, 6.45) is 4.24. The van der Waals surface area contributed by atoms with E-state index in [1.807, 2.05) is 0 Å². The summed E-state index contributed by atoms with van der Waals surface area (Å²) in [6, 6.07) is 6.54. The molecule has 0 bridgehead atoms. The normalized spacial score (nSPS) is 15.5. The Labute approximate surface area is 188 Å². The van der Waals surface area contributed by atoms with Crippen molar-refractivity contribution in [3.8, 4) is 0 Å². The number of carbonyl (C=O) groups excluding carboxylic acids is 2. The van der Waals surface area contributed by atoms with Crippen LogP contribution >= 0.6 is 34.5 Å². The summed E-state index contributed by atoms with van der Waals surface area (Å²) >= 11 is 13.7. The van der Waals surface area contributed by atoms with E-state index < -0.39 is 0 Å². The van der Waals surface area contributed by atoms with E-state index in [9.17, 15) is 9.59 Å². The molecule has 9 heteroatoms. The summed E-state index contributed by atoms with van der Waals surface area (Å²) in [5, 5.41) is 11.2. The average Bonchev–Trinajstić information content (AvgIpc) is 3.27. The Morgan fingerprint density at radius 2 is 2.00 bits per heavy atom.